The zero-order valence-corrected chi connectivity index (χ0v) is 29.1. The molecule has 9 nitrogen and oxygen atoms in total. The largest absolute Gasteiger partial charge is 0.390 e. The summed E-state index contributed by atoms with van der Waals surface area (Å²) in [4.78, 5) is 9.85. The van der Waals surface area contributed by atoms with Crippen molar-refractivity contribution in [1.29, 1.82) is 5.41 Å². The van der Waals surface area contributed by atoms with E-state index in [2.05, 4.69) is 39.9 Å². The molecule has 52 heavy (non-hydrogen) atoms. The quantitative estimate of drug-likeness (QED) is 0.0726. The van der Waals surface area contributed by atoms with Gasteiger partial charge in [-0.2, -0.15) is 8.78 Å². The molecule has 0 aliphatic carbocycles. The molecule has 4 heterocycles. The lowest BCUT2D eigenvalue weighted by Gasteiger charge is -2.48. The molecule has 3 aliphatic rings. The minimum absolute atomic E-state index is 0.0190. The van der Waals surface area contributed by atoms with Crippen LogP contribution in [0.4, 0.5) is 23.4 Å². The third kappa shape index (κ3) is 9.18. The maximum atomic E-state index is 14.7. The summed E-state index contributed by atoms with van der Waals surface area (Å²) in [5, 5.41) is 22.5. The number of allylic oxidation sites excluding steroid dienone is 1. The summed E-state index contributed by atoms with van der Waals surface area (Å²) in [5.41, 5.74) is 8.61. The number of rotatable bonds is 14. The first-order valence-electron chi connectivity index (χ1n) is 17.5. The average molecular weight is 720 g/mol. The number of aliphatic hydroxyl groups excluding tert-OH is 1. The van der Waals surface area contributed by atoms with Crippen molar-refractivity contribution in [1.82, 2.24) is 20.5 Å². The van der Waals surface area contributed by atoms with Gasteiger partial charge in [-0.3, -0.25) is 4.90 Å². The molecule has 2 aromatic carbocycles. The maximum Gasteiger partial charge on any atom is 0.312 e. The second-order valence-electron chi connectivity index (χ2n) is 14.3. The van der Waals surface area contributed by atoms with Gasteiger partial charge in [0, 0.05) is 97.1 Å². The zero-order valence-electron chi connectivity index (χ0n) is 29.1. The van der Waals surface area contributed by atoms with Gasteiger partial charge in [0.05, 0.1) is 19.3 Å². The van der Waals surface area contributed by atoms with Crippen LogP contribution in [-0.2, 0) is 17.7 Å². The Morgan fingerprint density at radius 1 is 1.08 bits per heavy atom. The number of anilines is 1. The van der Waals surface area contributed by atoms with Crippen molar-refractivity contribution in [3.63, 3.8) is 0 Å². The number of halogens is 4. The molecule has 0 radical (unpaired) electrons. The van der Waals surface area contributed by atoms with Crippen molar-refractivity contribution in [3.05, 3.63) is 100 Å². The average Bonchev–Trinajstić information content (AvgIpc) is 3.32. The zero-order chi connectivity index (χ0) is 36.8. The van der Waals surface area contributed by atoms with Crippen molar-refractivity contribution in [3.8, 4) is 11.8 Å². The fourth-order valence-corrected chi connectivity index (χ4v) is 7.14. The van der Waals surface area contributed by atoms with E-state index >= 15 is 0 Å². The first kappa shape index (κ1) is 37.4. The van der Waals surface area contributed by atoms with E-state index in [-0.39, 0.29) is 35.2 Å². The van der Waals surface area contributed by atoms with Gasteiger partial charge in [0.25, 0.3) is 0 Å². The first-order chi connectivity index (χ1) is 25.0. The summed E-state index contributed by atoms with van der Waals surface area (Å²) in [6.07, 6.45) is 5.19. The Morgan fingerprint density at radius 3 is 2.31 bits per heavy atom. The fourth-order valence-electron chi connectivity index (χ4n) is 7.14. The molecule has 0 spiro atoms. The normalized spacial score (nSPS) is 20.9. The van der Waals surface area contributed by atoms with Gasteiger partial charge >= 0.3 is 6.55 Å². The van der Waals surface area contributed by atoms with E-state index in [4.69, 9.17) is 20.9 Å². The van der Waals surface area contributed by atoms with Crippen molar-refractivity contribution in [2.45, 2.75) is 63.5 Å². The molecule has 3 fully saturated rings. The summed E-state index contributed by atoms with van der Waals surface area (Å²) in [6, 6.07) is 14.1. The predicted molar refractivity (Wildman–Crippen MR) is 193 cm³/mol. The summed E-state index contributed by atoms with van der Waals surface area (Å²) in [7, 11) is 0. The highest BCUT2D eigenvalue weighted by atomic mass is 19.3. The van der Waals surface area contributed by atoms with Gasteiger partial charge in [0.2, 0.25) is 0 Å². The molecule has 2 unspecified atom stereocenters. The minimum atomic E-state index is -2.88. The number of nitrogens with zero attached hydrogens (tertiary/aromatic N) is 3. The number of ether oxygens (including phenoxy) is 1. The van der Waals surface area contributed by atoms with Gasteiger partial charge in [-0.1, -0.05) is 30.9 Å². The molecule has 3 saturated heterocycles. The number of aliphatic hydroxyl groups is 1. The van der Waals surface area contributed by atoms with Crippen LogP contribution in [0.5, 0.6) is 0 Å². The lowest BCUT2D eigenvalue weighted by Crippen LogP contribution is -2.59. The predicted octanol–water partition coefficient (Wildman–Crippen LogP) is 4.27. The summed E-state index contributed by atoms with van der Waals surface area (Å²) in [5.74, 6) is 5.53. The summed E-state index contributed by atoms with van der Waals surface area (Å²) >= 11 is 0. The standard InChI is InChI=1S/C39H45F4N7O2/c1-39(23-52-24-39)22-50-30-9-10-31(50)21-49(20-30)37-11-8-27(16-47-37)7-4-25-2-5-26(6-3-25)12-35(45)36(51)19-46-18-32-33(40)13-28(14-34(32)41)29(15-44)17-48-38(42)43/h2-3,5-6,8,11,13-17,30-31,35-36,38,44,46,48,51H,9-10,12,18-24,45H2,1H3/b29-17+,44-15?/t30?,31?,35-,36-/m0/s1. The highest BCUT2D eigenvalue weighted by Gasteiger charge is 2.45. The molecule has 3 aliphatic heterocycles. The molecular formula is C39H45F4N7O2. The minimum Gasteiger partial charge on any atom is -0.390 e. The Hall–Kier alpha value is -4.32. The number of alkyl halides is 2. The number of pyridine rings is 1. The number of piperazine rings is 1. The Bertz CT molecular complexity index is 1750. The molecule has 0 amide bonds. The van der Waals surface area contributed by atoms with E-state index in [1.807, 2.05) is 36.5 Å². The van der Waals surface area contributed by atoms with Crippen LogP contribution in [0.2, 0.25) is 0 Å². The van der Waals surface area contributed by atoms with Gasteiger partial charge < -0.3 is 36.5 Å². The van der Waals surface area contributed by atoms with Gasteiger partial charge in [0.1, 0.15) is 17.5 Å². The first-order valence-corrected chi connectivity index (χ1v) is 17.5. The van der Waals surface area contributed by atoms with Crippen LogP contribution in [0.3, 0.4) is 0 Å². The van der Waals surface area contributed by atoms with E-state index < -0.39 is 30.3 Å². The number of hydrogen-bond donors (Lipinski definition) is 5. The van der Waals surface area contributed by atoms with Crippen molar-refractivity contribution in [2.24, 2.45) is 11.1 Å². The van der Waals surface area contributed by atoms with Crippen molar-refractivity contribution in [2.75, 3.05) is 44.3 Å². The third-order valence-electron chi connectivity index (χ3n) is 10.1. The van der Waals surface area contributed by atoms with Crippen LogP contribution >= 0.6 is 0 Å². The van der Waals surface area contributed by atoms with Crippen LogP contribution in [0, 0.1) is 34.3 Å². The number of benzene rings is 2. The molecule has 6 N–H and O–H groups in total. The number of aromatic nitrogens is 1. The second-order valence-corrected chi connectivity index (χ2v) is 14.3. The molecule has 6 rings (SSSR count). The van der Waals surface area contributed by atoms with Gasteiger partial charge in [-0.15, -0.1) is 0 Å². The molecule has 13 heteroatoms. The van der Waals surface area contributed by atoms with E-state index in [1.165, 1.54) is 12.8 Å². The van der Waals surface area contributed by atoms with Gasteiger partial charge in [-0.25, -0.2) is 13.8 Å². The molecule has 4 atom stereocenters. The van der Waals surface area contributed by atoms with Crippen molar-refractivity contribution < 1.29 is 27.4 Å². The third-order valence-corrected chi connectivity index (χ3v) is 10.1. The molecule has 1 aromatic heterocycles. The van der Waals surface area contributed by atoms with Crippen LogP contribution in [0.25, 0.3) is 5.57 Å². The Balaban J connectivity index is 0.955. The topological polar surface area (TPSA) is 123 Å². The molecule has 3 aromatic rings. The Morgan fingerprint density at radius 2 is 1.73 bits per heavy atom. The van der Waals surface area contributed by atoms with Crippen LogP contribution in [0.15, 0.2) is 60.9 Å². The highest BCUT2D eigenvalue weighted by Crippen LogP contribution is 2.37. The fraction of sp³-hybridized carbons (Fsp3) is 0.436. The molecule has 276 valence electrons. The molecule has 2 bridgehead atoms. The van der Waals surface area contributed by atoms with Crippen LogP contribution in [-0.4, -0.2) is 91.4 Å². The van der Waals surface area contributed by atoms with Gasteiger partial charge in [0.15, 0.2) is 0 Å². The summed E-state index contributed by atoms with van der Waals surface area (Å²) < 4.78 is 59.7. The maximum absolute atomic E-state index is 14.7. The second kappa shape index (κ2) is 16.6. The van der Waals surface area contributed by atoms with E-state index in [0.717, 1.165) is 79.9 Å². The smallest absolute Gasteiger partial charge is 0.312 e. The Labute approximate surface area is 301 Å². The van der Waals surface area contributed by atoms with Crippen molar-refractivity contribution >= 4 is 17.6 Å². The number of hydrogen-bond acceptors (Lipinski definition) is 9. The van der Waals surface area contributed by atoms with E-state index in [1.54, 1.807) is 5.32 Å². The monoisotopic (exact) mass is 719 g/mol. The SMILES string of the molecule is CC1(CN2C3CCC2CN(c2ccc(C#Cc4ccc(C[C@H](N)[C@@H](O)CNCc5c(F)cc(/C(C=N)=C/NC(F)F)cc5F)cc4)cn2)C3)COC1. The van der Waals surface area contributed by atoms with E-state index in [9.17, 15) is 22.7 Å². The number of fused-ring (bicyclic) bond motifs is 2. The highest BCUT2D eigenvalue weighted by molar-refractivity contribution is 6.08. The lowest BCUT2D eigenvalue weighted by atomic mass is 9.87. The Kier molecular flexibility index (Phi) is 11.9. The summed E-state index contributed by atoms with van der Waals surface area (Å²) in [6.45, 7) is 4.00. The van der Waals surface area contributed by atoms with Gasteiger partial charge in [-0.05, 0) is 66.8 Å². The number of nitrogens with two attached hydrogens (primary N) is 1. The van der Waals surface area contributed by atoms with Crippen LogP contribution < -0.4 is 21.3 Å². The molecular weight excluding hydrogens is 674 g/mol. The van der Waals surface area contributed by atoms with Crippen LogP contribution in [0.1, 0.15) is 47.6 Å². The number of nitrogens with one attached hydrogen (secondary N) is 3. The lowest BCUT2D eigenvalue weighted by molar-refractivity contribution is -0.120. The molecule has 0 saturated carbocycles. The van der Waals surface area contributed by atoms with E-state index in [0.29, 0.717) is 18.5 Å².